The normalized spacial score (nSPS) is 11.1. The number of benzene rings is 2. The van der Waals surface area contributed by atoms with E-state index in [2.05, 4.69) is 15.0 Å². The smallest absolute Gasteiger partial charge is 0.261 e. The van der Waals surface area contributed by atoms with Gasteiger partial charge in [0.2, 0.25) is 0 Å². The summed E-state index contributed by atoms with van der Waals surface area (Å²) in [4.78, 5) is 16.5. The van der Waals surface area contributed by atoms with Crippen molar-refractivity contribution in [2.75, 3.05) is 17.0 Å². The number of nitrogens with two attached hydrogens (primary N) is 1. The lowest BCUT2D eigenvalue weighted by molar-refractivity contribution is 0.0953. The van der Waals surface area contributed by atoms with Gasteiger partial charge in [-0.15, -0.1) is 0 Å². The van der Waals surface area contributed by atoms with Crippen molar-refractivity contribution >= 4 is 27.3 Å². The second-order valence-electron chi connectivity index (χ2n) is 6.13. The Morgan fingerprint density at radius 2 is 1.86 bits per heavy atom. The van der Waals surface area contributed by atoms with Crippen LogP contribution in [0.4, 0.5) is 11.4 Å². The van der Waals surface area contributed by atoms with Gasteiger partial charge in [0.15, 0.2) is 0 Å². The van der Waals surface area contributed by atoms with Crippen molar-refractivity contribution in [1.82, 2.24) is 14.9 Å². The molecule has 8 nitrogen and oxygen atoms in total. The predicted molar refractivity (Wildman–Crippen MR) is 107 cm³/mol. The van der Waals surface area contributed by atoms with Crippen LogP contribution in [-0.4, -0.2) is 30.4 Å². The average Bonchev–Trinajstić information content (AvgIpc) is 3.19. The summed E-state index contributed by atoms with van der Waals surface area (Å²) in [5.41, 5.74) is 6.54. The number of nitrogens with zero attached hydrogens (tertiary/aromatic N) is 2. The minimum Gasteiger partial charge on any atom is -0.399 e. The van der Waals surface area contributed by atoms with Crippen LogP contribution in [-0.2, 0) is 16.6 Å². The highest BCUT2D eigenvalue weighted by atomic mass is 32.2. The number of aromatic nitrogens is 2. The molecule has 0 unspecified atom stereocenters. The zero-order valence-corrected chi connectivity index (χ0v) is 15.9. The first-order valence-electron chi connectivity index (χ1n) is 8.67. The van der Waals surface area contributed by atoms with Crippen LogP contribution >= 0.6 is 0 Å². The van der Waals surface area contributed by atoms with Crippen LogP contribution in [0.25, 0.3) is 0 Å². The molecule has 0 saturated carbocycles. The molecule has 1 amide bonds. The Hall–Kier alpha value is -3.33. The van der Waals surface area contributed by atoms with Crippen molar-refractivity contribution in [2.45, 2.75) is 17.9 Å². The van der Waals surface area contributed by atoms with Crippen molar-refractivity contribution in [3.63, 3.8) is 0 Å². The van der Waals surface area contributed by atoms with Gasteiger partial charge in [-0.2, -0.15) is 0 Å². The maximum absolute atomic E-state index is 12.6. The van der Waals surface area contributed by atoms with Crippen LogP contribution in [0.5, 0.6) is 0 Å². The van der Waals surface area contributed by atoms with E-state index in [0.29, 0.717) is 12.2 Å². The first-order valence-corrected chi connectivity index (χ1v) is 10.2. The minimum absolute atomic E-state index is 0.0669. The van der Waals surface area contributed by atoms with Gasteiger partial charge in [-0.25, -0.2) is 13.4 Å². The zero-order valence-electron chi connectivity index (χ0n) is 15.1. The third-order valence-corrected chi connectivity index (χ3v) is 5.43. The van der Waals surface area contributed by atoms with E-state index >= 15 is 0 Å². The molecule has 3 rings (SSSR count). The number of amides is 1. The van der Waals surface area contributed by atoms with E-state index in [0.717, 1.165) is 13.0 Å². The van der Waals surface area contributed by atoms with Gasteiger partial charge in [0.05, 0.1) is 22.5 Å². The summed E-state index contributed by atoms with van der Waals surface area (Å²) in [6, 6.07) is 12.3. The van der Waals surface area contributed by atoms with Crippen LogP contribution in [0.2, 0.25) is 0 Å². The van der Waals surface area contributed by atoms with E-state index in [4.69, 9.17) is 5.73 Å². The maximum atomic E-state index is 12.6. The van der Waals surface area contributed by atoms with E-state index in [1.165, 1.54) is 24.3 Å². The third-order valence-electron chi connectivity index (χ3n) is 4.04. The Morgan fingerprint density at radius 3 is 2.57 bits per heavy atom. The molecule has 0 spiro atoms. The van der Waals surface area contributed by atoms with Crippen molar-refractivity contribution < 1.29 is 13.2 Å². The molecule has 0 bridgehead atoms. The van der Waals surface area contributed by atoms with E-state index in [1.807, 2.05) is 10.8 Å². The monoisotopic (exact) mass is 399 g/mol. The number of sulfonamides is 1. The Morgan fingerprint density at radius 1 is 1.11 bits per heavy atom. The summed E-state index contributed by atoms with van der Waals surface area (Å²) in [7, 11) is -3.84. The third kappa shape index (κ3) is 4.89. The molecule has 1 aromatic heterocycles. The largest absolute Gasteiger partial charge is 0.399 e. The Bertz CT molecular complexity index is 1030. The summed E-state index contributed by atoms with van der Waals surface area (Å²) < 4.78 is 29.6. The van der Waals surface area contributed by atoms with Crippen LogP contribution in [0.15, 0.2) is 72.1 Å². The molecule has 0 aliphatic heterocycles. The lowest BCUT2D eigenvalue weighted by atomic mass is 10.1. The molecule has 2 aromatic carbocycles. The van der Waals surface area contributed by atoms with E-state index in [-0.39, 0.29) is 22.1 Å². The van der Waals surface area contributed by atoms with Crippen molar-refractivity contribution in [2.24, 2.45) is 0 Å². The van der Waals surface area contributed by atoms with Crippen LogP contribution < -0.4 is 15.8 Å². The molecule has 9 heteroatoms. The summed E-state index contributed by atoms with van der Waals surface area (Å²) in [6.07, 6.45) is 5.98. The quantitative estimate of drug-likeness (QED) is 0.396. The molecule has 1 heterocycles. The molecular formula is C19H21N5O3S. The highest BCUT2D eigenvalue weighted by Gasteiger charge is 2.18. The Kier molecular flexibility index (Phi) is 5.95. The predicted octanol–water partition coefficient (Wildman–Crippen LogP) is 2.09. The lowest BCUT2D eigenvalue weighted by Gasteiger charge is -2.13. The lowest BCUT2D eigenvalue weighted by Crippen LogP contribution is -2.26. The fourth-order valence-electron chi connectivity index (χ4n) is 2.60. The second kappa shape index (κ2) is 8.57. The number of anilines is 2. The number of carbonyl (C=O) groups is 1. The van der Waals surface area contributed by atoms with Gasteiger partial charge in [-0.3, -0.25) is 9.52 Å². The maximum Gasteiger partial charge on any atom is 0.261 e. The first-order chi connectivity index (χ1) is 13.5. The molecule has 0 fully saturated rings. The van der Waals surface area contributed by atoms with Gasteiger partial charge >= 0.3 is 0 Å². The fraction of sp³-hybridized carbons (Fsp3) is 0.158. The van der Waals surface area contributed by atoms with Gasteiger partial charge in [-0.1, -0.05) is 12.1 Å². The summed E-state index contributed by atoms with van der Waals surface area (Å²) in [5, 5.41) is 2.81. The highest BCUT2D eigenvalue weighted by Crippen LogP contribution is 2.20. The number of nitrogens with one attached hydrogen (secondary N) is 2. The number of rotatable bonds is 8. The van der Waals surface area contributed by atoms with Gasteiger partial charge in [-0.05, 0) is 42.8 Å². The molecular weight excluding hydrogens is 378 g/mol. The van der Waals surface area contributed by atoms with E-state index in [9.17, 15) is 13.2 Å². The molecule has 0 radical (unpaired) electrons. The highest BCUT2D eigenvalue weighted by molar-refractivity contribution is 7.92. The number of nitrogen functional groups attached to an aromatic ring is 1. The van der Waals surface area contributed by atoms with Gasteiger partial charge in [0.25, 0.3) is 15.9 Å². The van der Waals surface area contributed by atoms with Crippen molar-refractivity contribution in [3.8, 4) is 0 Å². The first kappa shape index (κ1) is 19.4. The van der Waals surface area contributed by atoms with Crippen LogP contribution in [0, 0.1) is 0 Å². The van der Waals surface area contributed by atoms with Gasteiger partial charge in [0.1, 0.15) is 0 Å². The summed E-state index contributed by atoms with van der Waals surface area (Å²) in [5.74, 6) is -0.346. The van der Waals surface area contributed by atoms with Crippen LogP contribution in [0.3, 0.4) is 0 Å². The number of imidazole rings is 1. The number of carbonyl (C=O) groups excluding carboxylic acids is 1. The van der Waals surface area contributed by atoms with Gasteiger partial charge < -0.3 is 15.6 Å². The molecule has 146 valence electrons. The summed E-state index contributed by atoms with van der Waals surface area (Å²) >= 11 is 0. The molecule has 0 saturated heterocycles. The molecule has 3 aromatic rings. The Labute approximate surface area is 163 Å². The Balaban J connectivity index is 1.66. The van der Waals surface area contributed by atoms with Crippen molar-refractivity contribution in [3.05, 3.63) is 72.8 Å². The second-order valence-corrected chi connectivity index (χ2v) is 7.81. The molecule has 0 aliphatic rings. The molecule has 0 atom stereocenters. The topological polar surface area (TPSA) is 119 Å². The standard InChI is InChI=1S/C19H21N5O3S/c20-15-6-8-16(9-7-15)28(26,27)23-18-5-2-1-4-17(18)19(25)22-10-3-12-24-13-11-21-14-24/h1-2,4-9,11,13-14,23H,3,10,12,20H2,(H,22,25). The van der Waals surface area contributed by atoms with Gasteiger partial charge in [0, 0.05) is 31.2 Å². The molecule has 4 N–H and O–H groups in total. The number of para-hydroxylation sites is 1. The van der Waals surface area contributed by atoms with E-state index < -0.39 is 10.0 Å². The van der Waals surface area contributed by atoms with Crippen LogP contribution in [0.1, 0.15) is 16.8 Å². The zero-order chi connectivity index (χ0) is 20.0. The number of hydrogen-bond donors (Lipinski definition) is 3. The number of aryl methyl sites for hydroxylation is 1. The molecule has 28 heavy (non-hydrogen) atoms. The average molecular weight is 399 g/mol. The van der Waals surface area contributed by atoms with E-state index in [1.54, 1.807) is 36.8 Å². The minimum atomic E-state index is -3.84. The number of hydrogen-bond acceptors (Lipinski definition) is 5. The fourth-order valence-corrected chi connectivity index (χ4v) is 3.68. The molecule has 0 aliphatic carbocycles. The van der Waals surface area contributed by atoms with Crippen molar-refractivity contribution in [1.29, 1.82) is 0 Å². The SMILES string of the molecule is Nc1ccc(S(=O)(=O)Nc2ccccc2C(=O)NCCCn2ccnc2)cc1. The summed E-state index contributed by atoms with van der Waals surface area (Å²) in [6.45, 7) is 1.18.